The quantitative estimate of drug-likeness (QED) is 0.906. The zero-order chi connectivity index (χ0) is 14.8. The van der Waals surface area contributed by atoms with Crippen molar-refractivity contribution in [3.05, 3.63) is 42.0 Å². The predicted octanol–water partition coefficient (Wildman–Crippen LogP) is 1.53. The normalized spacial score (nSPS) is 15.3. The fourth-order valence-corrected chi connectivity index (χ4v) is 2.46. The Morgan fingerprint density at radius 1 is 1.19 bits per heavy atom. The zero-order valence-electron chi connectivity index (χ0n) is 12.0. The molecule has 0 unspecified atom stereocenters. The average Bonchev–Trinajstić information content (AvgIpc) is 2.94. The maximum atomic E-state index is 12.3. The third-order valence-corrected chi connectivity index (χ3v) is 3.65. The van der Waals surface area contributed by atoms with Crippen molar-refractivity contribution >= 4 is 17.4 Å². The molecule has 2 aromatic heterocycles. The molecule has 3 heterocycles. The van der Waals surface area contributed by atoms with Crippen molar-refractivity contribution < 1.29 is 9.21 Å². The Balaban J connectivity index is 1.62. The number of furan rings is 1. The number of rotatable bonds is 2. The van der Waals surface area contributed by atoms with Crippen LogP contribution in [0.5, 0.6) is 0 Å². The Morgan fingerprint density at radius 2 is 1.95 bits per heavy atom. The van der Waals surface area contributed by atoms with Crippen LogP contribution in [0.1, 0.15) is 16.3 Å². The van der Waals surface area contributed by atoms with Gasteiger partial charge in [0, 0.05) is 26.2 Å². The van der Waals surface area contributed by atoms with E-state index >= 15 is 0 Å². The van der Waals surface area contributed by atoms with Crippen LogP contribution in [-0.2, 0) is 0 Å². The lowest BCUT2D eigenvalue weighted by Gasteiger charge is -2.35. The predicted molar refractivity (Wildman–Crippen MR) is 80.2 cm³/mol. The highest BCUT2D eigenvalue weighted by Gasteiger charge is 2.24. The first-order valence-corrected chi connectivity index (χ1v) is 6.96. The highest BCUT2D eigenvalue weighted by atomic mass is 16.3. The Bertz CT molecular complexity index is 627. The molecule has 0 spiro atoms. The molecular formula is C15H18N4O2. The van der Waals surface area contributed by atoms with Gasteiger partial charge in [0.05, 0.1) is 11.9 Å². The van der Waals surface area contributed by atoms with E-state index in [1.807, 2.05) is 24.0 Å². The van der Waals surface area contributed by atoms with E-state index in [4.69, 9.17) is 10.2 Å². The molecule has 2 N–H and O–H groups in total. The Kier molecular flexibility index (Phi) is 3.51. The minimum absolute atomic E-state index is 0.0434. The lowest BCUT2D eigenvalue weighted by atomic mass is 10.2. The van der Waals surface area contributed by atoms with Crippen molar-refractivity contribution in [3.63, 3.8) is 0 Å². The number of aromatic nitrogens is 1. The van der Waals surface area contributed by atoms with Gasteiger partial charge in [-0.25, -0.2) is 4.98 Å². The van der Waals surface area contributed by atoms with E-state index in [0.717, 1.165) is 24.5 Å². The van der Waals surface area contributed by atoms with Crippen LogP contribution >= 0.6 is 0 Å². The van der Waals surface area contributed by atoms with E-state index in [2.05, 4.69) is 9.88 Å². The number of carbonyl (C=O) groups is 1. The smallest absolute Gasteiger partial charge is 0.289 e. The monoisotopic (exact) mass is 286 g/mol. The molecule has 0 atom stereocenters. The maximum Gasteiger partial charge on any atom is 0.289 e. The zero-order valence-corrected chi connectivity index (χ0v) is 12.0. The van der Waals surface area contributed by atoms with Crippen molar-refractivity contribution in [2.24, 2.45) is 0 Å². The topological polar surface area (TPSA) is 75.6 Å². The lowest BCUT2D eigenvalue weighted by molar-refractivity contribution is 0.0713. The summed E-state index contributed by atoms with van der Waals surface area (Å²) in [6.45, 7) is 4.72. The van der Waals surface area contributed by atoms with Crippen molar-refractivity contribution in [3.8, 4) is 0 Å². The van der Waals surface area contributed by atoms with Crippen molar-refractivity contribution in [1.29, 1.82) is 0 Å². The number of hydrogen-bond acceptors (Lipinski definition) is 5. The fourth-order valence-electron chi connectivity index (χ4n) is 2.46. The van der Waals surface area contributed by atoms with Crippen LogP contribution in [0, 0.1) is 6.92 Å². The molecule has 0 aromatic carbocycles. The van der Waals surface area contributed by atoms with E-state index in [1.54, 1.807) is 18.3 Å². The van der Waals surface area contributed by atoms with Gasteiger partial charge in [-0.15, -0.1) is 0 Å². The maximum absolute atomic E-state index is 12.3. The lowest BCUT2D eigenvalue weighted by Crippen LogP contribution is -2.48. The van der Waals surface area contributed by atoms with Crippen LogP contribution in [0.3, 0.4) is 0 Å². The van der Waals surface area contributed by atoms with Crippen LogP contribution in [-0.4, -0.2) is 42.0 Å². The van der Waals surface area contributed by atoms with Gasteiger partial charge in [0.15, 0.2) is 5.76 Å². The van der Waals surface area contributed by atoms with Gasteiger partial charge in [-0.1, -0.05) is 0 Å². The SMILES string of the molecule is Cc1ccc(C(=O)N2CCN(c3ccc(N)nc3)CC2)o1. The first-order valence-electron chi connectivity index (χ1n) is 6.96. The summed E-state index contributed by atoms with van der Waals surface area (Å²) in [7, 11) is 0. The average molecular weight is 286 g/mol. The number of aryl methyl sites for hydroxylation is 1. The fraction of sp³-hybridized carbons (Fsp3) is 0.333. The molecule has 0 aliphatic carbocycles. The molecule has 1 fully saturated rings. The van der Waals surface area contributed by atoms with Crippen molar-refractivity contribution in [2.75, 3.05) is 36.8 Å². The number of piperazine rings is 1. The Morgan fingerprint density at radius 3 is 2.52 bits per heavy atom. The summed E-state index contributed by atoms with van der Waals surface area (Å²) < 4.78 is 5.39. The molecule has 0 saturated carbocycles. The van der Waals surface area contributed by atoms with E-state index in [1.165, 1.54) is 0 Å². The highest BCUT2D eigenvalue weighted by molar-refractivity contribution is 5.91. The molecule has 6 nitrogen and oxygen atoms in total. The second kappa shape index (κ2) is 5.47. The molecule has 3 rings (SSSR count). The number of carbonyl (C=O) groups excluding carboxylic acids is 1. The largest absolute Gasteiger partial charge is 0.456 e. The van der Waals surface area contributed by atoms with Crippen LogP contribution < -0.4 is 10.6 Å². The second-order valence-electron chi connectivity index (χ2n) is 5.13. The number of nitrogen functional groups attached to an aromatic ring is 1. The van der Waals surface area contributed by atoms with E-state index < -0.39 is 0 Å². The van der Waals surface area contributed by atoms with Crippen LogP contribution in [0.4, 0.5) is 11.5 Å². The molecule has 1 amide bonds. The molecule has 1 aliphatic heterocycles. The molecule has 21 heavy (non-hydrogen) atoms. The second-order valence-corrected chi connectivity index (χ2v) is 5.13. The molecular weight excluding hydrogens is 268 g/mol. The van der Waals surface area contributed by atoms with Crippen LogP contribution in [0.15, 0.2) is 34.9 Å². The number of nitrogens with two attached hydrogens (primary N) is 1. The summed E-state index contributed by atoms with van der Waals surface area (Å²) in [5, 5.41) is 0. The van der Waals surface area contributed by atoms with E-state index in [-0.39, 0.29) is 5.91 Å². The van der Waals surface area contributed by atoms with Gasteiger partial charge in [-0.05, 0) is 31.2 Å². The Hall–Kier alpha value is -2.50. The number of hydrogen-bond donors (Lipinski definition) is 1. The first kappa shape index (κ1) is 13.5. The van der Waals surface area contributed by atoms with Gasteiger partial charge in [-0.3, -0.25) is 4.79 Å². The molecule has 6 heteroatoms. The molecule has 110 valence electrons. The minimum atomic E-state index is -0.0434. The number of amides is 1. The van der Waals surface area contributed by atoms with Gasteiger partial charge in [0.2, 0.25) is 0 Å². The van der Waals surface area contributed by atoms with Crippen molar-refractivity contribution in [1.82, 2.24) is 9.88 Å². The summed E-state index contributed by atoms with van der Waals surface area (Å²) in [6, 6.07) is 7.28. The third-order valence-electron chi connectivity index (χ3n) is 3.65. The number of nitrogens with zero attached hydrogens (tertiary/aromatic N) is 3. The summed E-state index contributed by atoms with van der Waals surface area (Å²) in [4.78, 5) is 20.4. The molecule has 0 bridgehead atoms. The summed E-state index contributed by atoms with van der Waals surface area (Å²) >= 11 is 0. The summed E-state index contributed by atoms with van der Waals surface area (Å²) in [6.07, 6.45) is 1.77. The van der Waals surface area contributed by atoms with Gasteiger partial charge in [-0.2, -0.15) is 0 Å². The molecule has 0 radical (unpaired) electrons. The van der Waals surface area contributed by atoms with Gasteiger partial charge >= 0.3 is 0 Å². The standard InChI is InChI=1S/C15H18N4O2/c1-11-2-4-13(21-11)15(20)19-8-6-18(7-9-19)12-3-5-14(16)17-10-12/h2-5,10H,6-9H2,1H3,(H2,16,17). The van der Waals surface area contributed by atoms with Gasteiger partial charge in [0.1, 0.15) is 11.6 Å². The number of pyridine rings is 1. The summed E-state index contributed by atoms with van der Waals surface area (Å²) in [5.74, 6) is 1.64. The van der Waals surface area contributed by atoms with Crippen LogP contribution in [0.25, 0.3) is 0 Å². The molecule has 1 aliphatic rings. The third kappa shape index (κ3) is 2.84. The van der Waals surface area contributed by atoms with Gasteiger partial charge in [0.25, 0.3) is 5.91 Å². The van der Waals surface area contributed by atoms with E-state index in [0.29, 0.717) is 24.7 Å². The van der Waals surface area contributed by atoms with Gasteiger partial charge < -0.3 is 20.0 Å². The summed E-state index contributed by atoms with van der Waals surface area (Å²) in [5.41, 5.74) is 6.62. The Labute approximate surface area is 123 Å². The molecule has 2 aromatic rings. The minimum Gasteiger partial charge on any atom is -0.456 e. The molecule has 1 saturated heterocycles. The highest BCUT2D eigenvalue weighted by Crippen LogP contribution is 2.17. The number of anilines is 2. The van der Waals surface area contributed by atoms with Crippen LogP contribution in [0.2, 0.25) is 0 Å². The van der Waals surface area contributed by atoms with Crippen molar-refractivity contribution in [2.45, 2.75) is 6.92 Å². The first-order chi connectivity index (χ1) is 10.1. The van der Waals surface area contributed by atoms with E-state index in [9.17, 15) is 4.79 Å².